The first-order chi connectivity index (χ1) is 8.85. The van der Waals surface area contributed by atoms with Gasteiger partial charge in [0.05, 0.1) is 0 Å². The molecule has 2 heteroatoms. The van der Waals surface area contributed by atoms with Gasteiger partial charge in [-0.15, -0.1) is 0 Å². The highest BCUT2D eigenvalue weighted by Gasteiger charge is 2.29. The highest BCUT2D eigenvalue weighted by atomic mass is 14.9. The number of hydrogen-bond donors (Lipinski definition) is 1. The molecule has 3 atom stereocenters. The number of likely N-dealkylation sites (N-methyl/N-ethyl adjacent to an activating group) is 1. The van der Waals surface area contributed by atoms with Crippen molar-refractivity contribution in [3.05, 3.63) is 30.1 Å². The lowest BCUT2D eigenvalue weighted by Crippen LogP contribution is -2.40. The summed E-state index contributed by atoms with van der Waals surface area (Å²) < 4.78 is 0. The Hall–Kier alpha value is -0.890. The average Bonchev–Trinajstić information content (AvgIpc) is 2.46. The van der Waals surface area contributed by atoms with Crippen LogP contribution in [0.1, 0.15) is 44.6 Å². The van der Waals surface area contributed by atoms with Crippen LogP contribution in [0, 0.1) is 11.8 Å². The third kappa shape index (κ3) is 3.32. The zero-order valence-electron chi connectivity index (χ0n) is 11.7. The fourth-order valence-electron chi connectivity index (χ4n) is 3.51. The second-order valence-electron chi connectivity index (χ2n) is 5.58. The summed E-state index contributed by atoms with van der Waals surface area (Å²) in [6.45, 7) is 2.35. The predicted octanol–water partition coefficient (Wildman–Crippen LogP) is 3.43. The SMILES string of the molecule is CCC1CCCCC1C(Cc1cccnc1)NC. The maximum Gasteiger partial charge on any atom is 0.0300 e. The highest BCUT2D eigenvalue weighted by molar-refractivity contribution is 5.11. The Labute approximate surface area is 111 Å². The number of nitrogens with zero attached hydrogens (tertiary/aromatic N) is 1. The molecule has 0 saturated heterocycles. The highest BCUT2D eigenvalue weighted by Crippen LogP contribution is 2.35. The minimum absolute atomic E-state index is 0.611. The zero-order valence-corrected chi connectivity index (χ0v) is 11.7. The van der Waals surface area contributed by atoms with Gasteiger partial charge in [0.2, 0.25) is 0 Å². The molecule has 100 valence electrons. The quantitative estimate of drug-likeness (QED) is 0.861. The molecule has 0 spiro atoms. The normalized spacial score (nSPS) is 25.9. The molecular formula is C16H26N2. The molecule has 3 unspecified atom stereocenters. The van der Waals surface area contributed by atoms with E-state index in [-0.39, 0.29) is 0 Å². The Balaban J connectivity index is 2.03. The monoisotopic (exact) mass is 246 g/mol. The Kier molecular flexibility index (Phi) is 5.18. The van der Waals surface area contributed by atoms with Crippen molar-refractivity contribution in [3.63, 3.8) is 0 Å². The summed E-state index contributed by atoms with van der Waals surface area (Å²) in [5.74, 6) is 1.75. The summed E-state index contributed by atoms with van der Waals surface area (Å²) in [6.07, 6.45) is 12.0. The Bertz CT molecular complexity index is 336. The van der Waals surface area contributed by atoms with Crippen LogP contribution >= 0.6 is 0 Å². The summed E-state index contributed by atoms with van der Waals surface area (Å²) in [4.78, 5) is 4.23. The van der Waals surface area contributed by atoms with Crippen LogP contribution < -0.4 is 5.32 Å². The van der Waals surface area contributed by atoms with Gasteiger partial charge in [-0.05, 0) is 43.4 Å². The van der Waals surface area contributed by atoms with E-state index in [1.165, 1.54) is 37.7 Å². The minimum atomic E-state index is 0.611. The molecule has 1 aromatic rings. The number of pyridine rings is 1. The van der Waals surface area contributed by atoms with Gasteiger partial charge in [0, 0.05) is 18.4 Å². The van der Waals surface area contributed by atoms with Gasteiger partial charge in [0.1, 0.15) is 0 Å². The molecule has 1 aromatic heterocycles. The molecule has 2 rings (SSSR count). The lowest BCUT2D eigenvalue weighted by Gasteiger charge is -2.37. The van der Waals surface area contributed by atoms with Crippen molar-refractivity contribution in [2.75, 3.05) is 7.05 Å². The molecule has 1 aliphatic rings. The van der Waals surface area contributed by atoms with Crippen molar-refractivity contribution in [2.24, 2.45) is 11.8 Å². The maximum absolute atomic E-state index is 4.23. The van der Waals surface area contributed by atoms with Crippen molar-refractivity contribution in [1.82, 2.24) is 10.3 Å². The topological polar surface area (TPSA) is 24.9 Å². The molecule has 0 radical (unpaired) electrons. The van der Waals surface area contributed by atoms with Crippen LogP contribution in [-0.2, 0) is 6.42 Å². The lowest BCUT2D eigenvalue weighted by atomic mass is 9.73. The Morgan fingerprint density at radius 2 is 2.22 bits per heavy atom. The van der Waals surface area contributed by atoms with E-state index in [2.05, 4.69) is 30.3 Å². The largest absolute Gasteiger partial charge is 0.316 e. The van der Waals surface area contributed by atoms with Crippen LogP contribution in [0.15, 0.2) is 24.5 Å². The van der Waals surface area contributed by atoms with Gasteiger partial charge in [0.15, 0.2) is 0 Å². The number of rotatable bonds is 5. The molecule has 18 heavy (non-hydrogen) atoms. The summed E-state index contributed by atoms with van der Waals surface area (Å²) >= 11 is 0. The fraction of sp³-hybridized carbons (Fsp3) is 0.688. The van der Waals surface area contributed by atoms with E-state index in [0.29, 0.717) is 6.04 Å². The van der Waals surface area contributed by atoms with E-state index in [0.717, 1.165) is 18.3 Å². The maximum atomic E-state index is 4.23. The number of nitrogens with one attached hydrogen (secondary N) is 1. The molecule has 0 amide bonds. The predicted molar refractivity (Wildman–Crippen MR) is 76.5 cm³/mol. The van der Waals surface area contributed by atoms with Gasteiger partial charge in [-0.25, -0.2) is 0 Å². The Morgan fingerprint density at radius 1 is 1.39 bits per heavy atom. The molecule has 1 saturated carbocycles. The smallest absolute Gasteiger partial charge is 0.0300 e. The van der Waals surface area contributed by atoms with E-state index in [1.807, 2.05) is 18.5 Å². The first-order valence-corrected chi connectivity index (χ1v) is 7.41. The van der Waals surface area contributed by atoms with Crippen LogP contribution in [0.2, 0.25) is 0 Å². The van der Waals surface area contributed by atoms with E-state index < -0.39 is 0 Å². The molecular weight excluding hydrogens is 220 g/mol. The zero-order chi connectivity index (χ0) is 12.8. The van der Waals surface area contributed by atoms with Crippen LogP contribution in [0.5, 0.6) is 0 Å². The van der Waals surface area contributed by atoms with Gasteiger partial charge in [-0.2, -0.15) is 0 Å². The van der Waals surface area contributed by atoms with Crippen LogP contribution in [0.25, 0.3) is 0 Å². The van der Waals surface area contributed by atoms with Gasteiger partial charge < -0.3 is 5.32 Å². The third-order valence-electron chi connectivity index (χ3n) is 4.56. The van der Waals surface area contributed by atoms with Crippen molar-refractivity contribution < 1.29 is 0 Å². The van der Waals surface area contributed by atoms with Gasteiger partial charge in [0.25, 0.3) is 0 Å². The third-order valence-corrected chi connectivity index (χ3v) is 4.56. The molecule has 1 aliphatic carbocycles. The summed E-state index contributed by atoms with van der Waals surface area (Å²) in [6, 6.07) is 4.85. The summed E-state index contributed by atoms with van der Waals surface area (Å²) in [7, 11) is 2.11. The lowest BCUT2D eigenvalue weighted by molar-refractivity contribution is 0.179. The van der Waals surface area contributed by atoms with E-state index in [1.54, 1.807) is 0 Å². The van der Waals surface area contributed by atoms with Crippen LogP contribution in [0.3, 0.4) is 0 Å². The van der Waals surface area contributed by atoms with E-state index in [9.17, 15) is 0 Å². The average molecular weight is 246 g/mol. The summed E-state index contributed by atoms with van der Waals surface area (Å²) in [5.41, 5.74) is 1.36. The molecule has 2 nitrogen and oxygen atoms in total. The molecule has 1 fully saturated rings. The van der Waals surface area contributed by atoms with Gasteiger partial charge in [-0.1, -0.05) is 38.7 Å². The van der Waals surface area contributed by atoms with Crippen LogP contribution in [-0.4, -0.2) is 18.1 Å². The first kappa shape index (κ1) is 13.5. The molecule has 0 aliphatic heterocycles. The van der Waals surface area contributed by atoms with Crippen molar-refractivity contribution in [1.29, 1.82) is 0 Å². The molecule has 0 aromatic carbocycles. The number of aromatic nitrogens is 1. The van der Waals surface area contributed by atoms with Gasteiger partial charge in [-0.3, -0.25) is 4.98 Å². The first-order valence-electron chi connectivity index (χ1n) is 7.41. The second kappa shape index (κ2) is 6.89. The molecule has 1 heterocycles. The Morgan fingerprint density at radius 3 is 2.89 bits per heavy atom. The minimum Gasteiger partial charge on any atom is -0.316 e. The second-order valence-corrected chi connectivity index (χ2v) is 5.58. The number of hydrogen-bond acceptors (Lipinski definition) is 2. The van der Waals surface area contributed by atoms with Gasteiger partial charge >= 0.3 is 0 Å². The fourth-order valence-corrected chi connectivity index (χ4v) is 3.51. The molecule has 0 bridgehead atoms. The van der Waals surface area contributed by atoms with Crippen molar-refractivity contribution in [3.8, 4) is 0 Å². The van der Waals surface area contributed by atoms with Crippen molar-refractivity contribution >= 4 is 0 Å². The van der Waals surface area contributed by atoms with Crippen LogP contribution in [0.4, 0.5) is 0 Å². The van der Waals surface area contributed by atoms with Crippen molar-refractivity contribution in [2.45, 2.75) is 51.5 Å². The summed E-state index contributed by atoms with van der Waals surface area (Å²) in [5, 5.41) is 3.56. The molecule has 1 N–H and O–H groups in total. The van der Waals surface area contributed by atoms with E-state index >= 15 is 0 Å². The van der Waals surface area contributed by atoms with E-state index in [4.69, 9.17) is 0 Å². The standard InChI is InChI=1S/C16H26N2/c1-3-14-8-4-5-9-15(14)16(17-2)11-13-7-6-10-18-12-13/h6-7,10,12,14-17H,3-5,8-9,11H2,1-2H3.